The summed E-state index contributed by atoms with van der Waals surface area (Å²) in [5, 5.41) is 7.58. The lowest BCUT2D eigenvalue weighted by Gasteiger charge is -2.16. The Morgan fingerprint density at radius 2 is 1.90 bits per heavy atom. The van der Waals surface area contributed by atoms with E-state index >= 15 is 0 Å². The molecule has 2 saturated carbocycles. The molecule has 1 N–H and O–H groups in total. The SMILES string of the molecule is Cn1ncc2c1OCC1CCC(C1)Cn1c(nc3ccc(N=S(C)(C)=O)cc31)NC(=O)c1cc-2nc(C2CC2)c1. The van der Waals surface area contributed by atoms with E-state index in [-0.39, 0.29) is 5.91 Å². The Morgan fingerprint density at radius 3 is 2.70 bits per heavy atom. The standard InChI is InChI=1S/C29H33N7O3S/c1-35-28-22(14-30-35)25-12-20(11-24(31-25)19-6-7-19)27(37)33-29-32-23-9-8-21(34-40(2,3)38)13-26(23)36(29)15-17-4-5-18(10-17)16-39-28/h8-9,11-14,17-19H,4-7,10,15-16H2,1-3H3,(H,32,33,37). The Bertz CT molecular complexity index is 1770. The van der Waals surface area contributed by atoms with Gasteiger partial charge in [-0.3, -0.25) is 15.1 Å². The quantitative estimate of drug-likeness (QED) is 0.364. The maximum atomic E-state index is 13.8. The van der Waals surface area contributed by atoms with E-state index < -0.39 is 9.73 Å². The fourth-order valence-electron chi connectivity index (χ4n) is 6.01. The van der Waals surface area contributed by atoms with Gasteiger partial charge in [0.15, 0.2) is 0 Å². The van der Waals surface area contributed by atoms with Crippen molar-refractivity contribution in [2.45, 2.75) is 44.6 Å². The number of anilines is 1. The first-order chi connectivity index (χ1) is 19.2. The van der Waals surface area contributed by atoms with Crippen LogP contribution in [-0.2, 0) is 23.3 Å². The monoisotopic (exact) mass is 559 g/mol. The first-order valence-electron chi connectivity index (χ1n) is 13.9. The van der Waals surface area contributed by atoms with E-state index in [0.717, 1.165) is 54.4 Å². The molecule has 40 heavy (non-hydrogen) atoms. The van der Waals surface area contributed by atoms with Gasteiger partial charge in [-0.05, 0) is 74.3 Å². The zero-order valence-electron chi connectivity index (χ0n) is 23.0. The van der Waals surface area contributed by atoms with Crippen LogP contribution in [0.2, 0.25) is 0 Å². The fourth-order valence-corrected chi connectivity index (χ4v) is 6.63. The minimum absolute atomic E-state index is 0.234. The highest BCUT2D eigenvalue weighted by molar-refractivity contribution is 7.92. The van der Waals surface area contributed by atoms with Crippen LogP contribution in [0, 0.1) is 11.8 Å². The van der Waals surface area contributed by atoms with Crippen LogP contribution in [0.4, 0.5) is 11.6 Å². The Balaban J connectivity index is 1.36. The molecule has 4 aromatic rings. The first-order valence-corrected chi connectivity index (χ1v) is 16.2. The molecule has 1 aliphatic heterocycles. The second-order valence-corrected chi connectivity index (χ2v) is 14.3. The molecule has 4 bridgehead atoms. The van der Waals surface area contributed by atoms with Crippen molar-refractivity contribution in [2.75, 3.05) is 24.4 Å². The third-order valence-corrected chi connectivity index (χ3v) is 8.74. The number of ether oxygens (including phenoxy) is 1. The summed E-state index contributed by atoms with van der Waals surface area (Å²) >= 11 is 0. The van der Waals surface area contributed by atoms with Crippen LogP contribution in [0.1, 0.15) is 54.1 Å². The van der Waals surface area contributed by atoms with Crippen molar-refractivity contribution in [3.05, 3.63) is 47.8 Å². The summed E-state index contributed by atoms with van der Waals surface area (Å²) in [7, 11) is -0.441. The predicted molar refractivity (Wildman–Crippen MR) is 155 cm³/mol. The Kier molecular flexibility index (Phi) is 5.95. The average Bonchev–Trinajstić information content (AvgIpc) is 3.44. The summed E-state index contributed by atoms with van der Waals surface area (Å²) in [6.07, 6.45) is 10.3. The molecule has 0 radical (unpaired) electrons. The number of imidazole rings is 1. The van der Waals surface area contributed by atoms with Crippen molar-refractivity contribution in [3.8, 4) is 17.1 Å². The molecule has 2 fully saturated rings. The molecule has 2 aliphatic carbocycles. The summed E-state index contributed by atoms with van der Waals surface area (Å²) in [6.45, 7) is 1.32. The zero-order valence-corrected chi connectivity index (χ0v) is 23.8. The average molecular weight is 560 g/mol. The lowest BCUT2D eigenvalue weighted by molar-refractivity contribution is 0.102. The molecule has 3 aromatic heterocycles. The van der Waals surface area contributed by atoms with E-state index in [1.165, 1.54) is 0 Å². The van der Waals surface area contributed by atoms with E-state index in [0.29, 0.717) is 59.7 Å². The van der Waals surface area contributed by atoms with Crippen LogP contribution in [-0.4, -0.2) is 53.6 Å². The molecule has 1 aromatic carbocycles. The number of aryl methyl sites for hydroxylation is 1. The Morgan fingerprint density at radius 1 is 1.07 bits per heavy atom. The van der Waals surface area contributed by atoms with Crippen LogP contribution >= 0.6 is 0 Å². The minimum atomic E-state index is -2.32. The fraction of sp³-hybridized carbons (Fsp3) is 0.448. The van der Waals surface area contributed by atoms with E-state index in [9.17, 15) is 9.00 Å². The van der Waals surface area contributed by atoms with Crippen molar-refractivity contribution in [3.63, 3.8) is 0 Å². The zero-order chi connectivity index (χ0) is 27.6. The van der Waals surface area contributed by atoms with Gasteiger partial charge in [-0.1, -0.05) is 0 Å². The smallest absolute Gasteiger partial charge is 0.258 e. The van der Waals surface area contributed by atoms with Gasteiger partial charge in [0, 0.05) is 53.0 Å². The van der Waals surface area contributed by atoms with Crippen molar-refractivity contribution < 1.29 is 13.7 Å². The van der Waals surface area contributed by atoms with Gasteiger partial charge in [-0.25, -0.2) is 13.9 Å². The number of carbonyl (C=O) groups is 1. The molecular weight excluding hydrogens is 526 g/mol. The molecule has 208 valence electrons. The topological polar surface area (TPSA) is 116 Å². The van der Waals surface area contributed by atoms with Gasteiger partial charge in [0.25, 0.3) is 5.91 Å². The molecule has 2 atom stereocenters. The highest BCUT2D eigenvalue weighted by Crippen LogP contribution is 2.41. The van der Waals surface area contributed by atoms with Crippen molar-refractivity contribution in [1.29, 1.82) is 0 Å². The number of nitrogens with one attached hydrogen (secondary N) is 1. The van der Waals surface area contributed by atoms with Crippen LogP contribution in [0.5, 0.6) is 5.88 Å². The number of fused-ring (bicyclic) bond motifs is 9. The van der Waals surface area contributed by atoms with Gasteiger partial charge in [0.1, 0.15) is 0 Å². The molecule has 4 heterocycles. The second kappa shape index (κ2) is 9.43. The predicted octanol–water partition coefficient (Wildman–Crippen LogP) is 5.13. The van der Waals surface area contributed by atoms with E-state index in [2.05, 4.69) is 19.3 Å². The van der Waals surface area contributed by atoms with E-state index in [1.807, 2.05) is 37.4 Å². The Hall–Kier alpha value is -3.73. The first kappa shape index (κ1) is 25.3. The Labute approximate surface area is 233 Å². The molecule has 3 aliphatic rings. The highest BCUT2D eigenvalue weighted by Gasteiger charge is 2.30. The van der Waals surface area contributed by atoms with E-state index in [1.54, 1.807) is 23.4 Å². The van der Waals surface area contributed by atoms with Gasteiger partial charge >= 0.3 is 0 Å². The molecular formula is C29H33N7O3S. The van der Waals surface area contributed by atoms with Crippen LogP contribution < -0.4 is 10.1 Å². The normalized spacial score (nSPS) is 21.1. The number of aromatic nitrogens is 5. The maximum Gasteiger partial charge on any atom is 0.258 e. The van der Waals surface area contributed by atoms with Crippen LogP contribution in [0.3, 0.4) is 0 Å². The number of nitrogens with zero attached hydrogens (tertiary/aromatic N) is 6. The summed E-state index contributed by atoms with van der Waals surface area (Å²) in [5.41, 5.74) is 5.23. The number of hydrogen-bond acceptors (Lipinski definition) is 7. The largest absolute Gasteiger partial charge is 0.477 e. The van der Waals surface area contributed by atoms with Gasteiger partial charge in [-0.2, -0.15) is 9.46 Å². The number of pyridine rings is 1. The molecule has 0 saturated heterocycles. The second-order valence-electron chi connectivity index (χ2n) is 11.7. The number of amides is 1. The highest BCUT2D eigenvalue weighted by atomic mass is 32.2. The third-order valence-electron chi connectivity index (χ3n) is 8.09. The number of benzene rings is 1. The molecule has 1 amide bonds. The maximum absolute atomic E-state index is 13.8. The van der Waals surface area contributed by atoms with Crippen LogP contribution in [0.25, 0.3) is 22.3 Å². The summed E-state index contributed by atoms with van der Waals surface area (Å²) in [4.78, 5) is 23.5. The third kappa shape index (κ3) is 4.87. The molecule has 0 spiro atoms. The van der Waals surface area contributed by atoms with Crippen molar-refractivity contribution in [2.24, 2.45) is 23.2 Å². The molecule has 11 heteroatoms. The van der Waals surface area contributed by atoms with Gasteiger partial charge in [-0.15, -0.1) is 0 Å². The van der Waals surface area contributed by atoms with Crippen molar-refractivity contribution in [1.82, 2.24) is 24.3 Å². The summed E-state index contributed by atoms with van der Waals surface area (Å²) < 4.78 is 27.0. The lowest BCUT2D eigenvalue weighted by Crippen LogP contribution is -2.18. The van der Waals surface area contributed by atoms with Gasteiger partial charge in [0.2, 0.25) is 11.8 Å². The van der Waals surface area contributed by atoms with Crippen LogP contribution in [0.15, 0.2) is 40.9 Å². The summed E-state index contributed by atoms with van der Waals surface area (Å²) in [5.74, 6) is 2.15. The molecule has 7 rings (SSSR count). The number of hydrogen-bond donors (Lipinski definition) is 1. The molecule has 10 nitrogen and oxygen atoms in total. The number of rotatable bonds is 2. The molecule has 2 unspecified atom stereocenters. The van der Waals surface area contributed by atoms with Gasteiger partial charge < -0.3 is 9.30 Å². The minimum Gasteiger partial charge on any atom is -0.477 e. The lowest BCUT2D eigenvalue weighted by atomic mass is 10.1. The summed E-state index contributed by atoms with van der Waals surface area (Å²) in [6, 6.07) is 9.36. The number of carbonyl (C=O) groups excluding carboxylic acids is 1. The van der Waals surface area contributed by atoms with E-state index in [4.69, 9.17) is 14.7 Å². The van der Waals surface area contributed by atoms with Gasteiger partial charge in [0.05, 0.1) is 40.8 Å². The van der Waals surface area contributed by atoms with Crippen molar-refractivity contribution >= 4 is 38.3 Å².